The molecule has 0 saturated carbocycles. The summed E-state index contributed by atoms with van der Waals surface area (Å²) in [4.78, 5) is 18.1. The lowest BCUT2D eigenvalue weighted by atomic mass is 10.2. The van der Waals surface area contributed by atoms with Crippen molar-refractivity contribution in [2.24, 2.45) is 0 Å². The van der Waals surface area contributed by atoms with Gasteiger partial charge in [-0.1, -0.05) is 12.1 Å². The summed E-state index contributed by atoms with van der Waals surface area (Å²) >= 11 is 1.61. The third-order valence-corrected chi connectivity index (χ3v) is 4.86. The van der Waals surface area contributed by atoms with Crippen LogP contribution in [0.4, 0.5) is 5.82 Å². The normalized spacial score (nSPS) is 17.7. The quantitative estimate of drug-likeness (QED) is 0.797. The number of thiophene rings is 1. The zero-order valence-corrected chi connectivity index (χ0v) is 13.4. The van der Waals surface area contributed by atoms with Crippen LogP contribution in [0.3, 0.4) is 0 Å². The van der Waals surface area contributed by atoms with Crippen LogP contribution >= 0.6 is 11.3 Å². The van der Waals surface area contributed by atoms with E-state index in [1.54, 1.807) is 11.3 Å². The highest BCUT2D eigenvalue weighted by molar-refractivity contribution is 7.13. The van der Waals surface area contributed by atoms with E-state index in [-0.39, 0.29) is 12.0 Å². The number of ether oxygens (including phenoxy) is 1. The smallest absolute Gasteiger partial charge is 0.228 e. The Balaban J connectivity index is 1.67. The summed E-state index contributed by atoms with van der Waals surface area (Å²) in [5.41, 5.74) is 1.63. The number of nitrogens with one attached hydrogen (secondary N) is 1. The van der Waals surface area contributed by atoms with Gasteiger partial charge in [0, 0.05) is 12.8 Å². The van der Waals surface area contributed by atoms with Crippen LogP contribution in [0.2, 0.25) is 0 Å². The average Bonchev–Trinajstić information content (AvgIpc) is 3.28. The minimum atomic E-state index is -0.0274. The van der Waals surface area contributed by atoms with Crippen LogP contribution in [-0.4, -0.2) is 28.0 Å². The molecule has 0 unspecified atom stereocenters. The summed E-state index contributed by atoms with van der Waals surface area (Å²) in [6.45, 7) is 0.758. The van der Waals surface area contributed by atoms with Crippen molar-refractivity contribution >= 4 is 28.7 Å². The summed E-state index contributed by atoms with van der Waals surface area (Å²) in [7, 11) is 0. The number of anilines is 1. The Bertz CT molecular complexity index is 820. The monoisotopic (exact) mass is 327 g/mol. The van der Waals surface area contributed by atoms with E-state index in [4.69, 9.17) is 4.74 Å². The van der Waals surface area contributed by atoms with Gasteiger partial charge in [-0.25, -0.2) is 4.98 Å². The molecule has 0 spiro atoms. The number of hydrogen-bond donors (Lipinski definition) is 1. The molecular formula is C17H17N3O2S. The van der Waals surface area contributed by atoms with Gasteiger partial charge in [0.1, 0.15) is 17.2 Å². The summed E-state index contributed by atoms with van der Waals surface area (Å²) in [5.74, 6) is 0.700. The van der Waals surface area contributed by atoms with Gasteiger partial charge in [-0.3, -0.25) is 9.20 Å². The maximum absolute atomic E-state index is 12.4. The van der Waals surface area contributed by atoms with Gasteiger partial charge < -0.3 is 10.1 Å². The molecule has 1 N–H and O–H groups in total. The van der Waals surface area contributed by atoms with E-state index >= 15 is 0 Å². The molecule has 6 heteroatoms. The number of hydrogen-bond acceptors (Lipinski definition) is 4. The molecule has 4 rings (SSSR count). The first-order chi connectivity index (χ1) is 11.3. The van der Waals surface area contributed by atoms with E-state index in [0.717, 1.165) is 41.5 Å². The van der Waals surface area contributed by atoms with Crippen LogP contribution < -0.4 is 5.32 Å². The molecule has 3 aromatic heterocycles. The SMILES string of the molecule is O=C(C[C@@H]1CCCO1)Nc1c(-c2cccs2)nc2ccccn12. The van der Waals surface area contributed by atoms with Crippen molar-refractivity contribution in [1.82, 2.24) is 9.38 Å². The highest BCUT2D eigenvalue weighted by atomic mass is 32.1. The molecule has 1 amide bonds. The van der Waals surface area contributed by atoms with Gasteiger partial charge in [0.25, 0.3) is 0 Å². The Morgan fingerprint density at radius 1 is 1.39 bits per heavy atom. The molecule has 0 bridgehead atoms. The molecule has 23 heavy (non-hydrogen) atoms. The zero-order valence-electron chi connectivity index (χ0n) is 12.6. The van der Waals surface area contributed by atoms with Crippen molar-refractivity contribution in [3.8, 4) is 10.6 Å². The van der Waals surface area contributed by atoms with Gasteiger partial charge in [0.2, 0.25) is 5.91 Å². The van der Waals surface area contributed by atoms with E-state index in [0.29, 0.717) is 6.42 Å². The number of fused-ring (bicyclic) bond motifs is 1. The molecule has 5 nitrogen and oxygen atoms in total. The molecule has 3 aromatic rings. The molecule has 0 aliphatic carbocycles. The minimum Gasteiger partial charge on any atom is -0.378 e. The number of imidazole rings is 1. The number of carbonyl (C=O) groups excluding carboxylic acids is 1. The summed E-state index contributed by atoms with van der Waals surface area (Å²) in [5, 5.41) is 5.05. The van der Waals surface area contributed by atoms with Gasteiger partial charge in [0.15, 0.2) is 0 Å². The summed E-state index contributed by atoms with van der Waals surface area (Å²) < 4.78 is 7.47. The molecule has 1 saturated heterocycles. The Kier molecular flexibility index (Phi) is 3.85. The third-order valence-electron chi connectivity index (χ3n) is 3.98. The van der Waals surface area contributed by atoms with Gasteiger partial charge >= 0.3 is 0 Å². The standard InChI is InChI=1S/C17H17N3O2S/c21-15(11-12-5-3-9-22-12)19-17-16(13-6-4-10-23-13)18-14-7-1-2-8-20(14)17/h1-2,4,6-8,10,12H,3,5,9,11H2,(H,19,21)/t12-/m0/s1. The van der Waals surface area contributed by atoms with E-state index in [9.17, 15) is 4.79 Å². The summed E-state index contributed by atoms with van der Waals surface area (Å²) in [6, 6.07) is 9.82. The minimum absolute atomic E-state index is 0.0274. The molecule has 1 aliphatic rings. The van der Waals surface area contributed by atoms with Crippen LogP contribution in [-0.2, 0) is 9.53 Å². The van der Waals surface area contributed by atoms with Crippen LogP contribution in [0, 0.1) is 0 Å². The second-order valence-corrected chi connectivity index (χ2v) is 6.55. The zero-order chi connectivity index (χ0) is 15.6. The first kappa shape index (κ1) is 14.4. The number of nitrogens with zero attached hydrogens (tertiary/aromatic N) is 2. The third kappa shape index (κ3) is 2.87. The molecule has 118 valence electrons. The number of aromatic nitrogens is 2. The Hall–Kier alpha value is -2.18. The number of pyridine rings is 1. The van der Waals surface area contributed by atoms with Crippen molar-refractivity contribution in [3.05, 3.63) is 41.9 Å². The van der Waals surface area contributed by atoms with Crippen LogP contribution in [0.1, 0.15) is 19.3 Å². The fourth-order valence-electron chi connectivity index (χ4n) is 2.90. The molecule has 1 atom stereocenters. The van der Waals surface area contributed by atoms with E-state index in [2.05, 4.69) is 10.3 Å². The van der Waals surface area contributed by atoms with Crippen molar-refractivity contribution in [3.63, 3.8) is 0 Å². The highest BCUT2D eigenvalue weighted by Crippen LogP contribution is 2.32. The lowest BCUT2D eigenvalue weighted by molar-refractivity contribution is -0.118. The Morgan fingerprint density at radius 2 is 2.35 bits per heavy atom. The summed E-state index contributed by atoms with van der Waals surface area (Å²) in [6.07, 6.45) is 4.34. The van der Waals surface area contributed by atoms with E-state index in [1.807, 2.05) is 46.3 Å². The molecule has 0 aromatic carbocycles. The Labute approximate surface area is 137 Å². The number of amides is 1. The predicted molar refractivity (Wildman–Crippen MR) is 90.7 cm³/mol. The van der Waals surface area contributed by atoms with Crippen molar-refractivity contribution in [2.75, 3.05) is 11.9 Å². The van der Waals surface area contributed by atoms with E-state index in [1.165, 1.54) is 0 Å². The lowest BCUT2D eigenvalue weighted by Gasteiger charge is -2.10. The highest BCUT2D eigenvalue weighted by Gasteiger charge is 2.22. The molecule has 0 radical (unpaired) electrons. The molecule has 4 heterocycles. The van der Waals surface area contributed by atoms with Gasteiger partial charge in [-0.05, 0) is 36.4 Å². The first-order valence-electron chi connectivity index (χ1n) is 7.74. The Morgan fingerprint density at radius 3 is 3.13 bits per heavy atom. The fourth-order valence-corrected chi connectivity index (χ4v) is 3.61. The fraction of sp³-hybridized carbons (Fsp3) is 0.294. The number of carbonyl (C=O) groups is 1. The van der Waals surface area contributed by atoms with Crippen LogP contribution in [0.15, 0.2) is 41.9 Å². The van der Waals surface area contributed by atoms with E-state index < -0.39 is 0 Å². The maximum atomic E-state index is 12.4. The van der Waals surface area contributed by atoms with Gasteiger partial charge in [0.05, 0.1) is 17.4 Å². The predicted octanol–water partition coefficient (Wildman–Crippen LogP) is 3.57. The van der Waals surface area contributed by atoms with Gasteiger partial charge in [-0.15, -0.1) is 11.3 Å². The largest absolute Gasteiger partial charge is 0.378 e. The topological polar surface area (TPSA) is 55.6 Å². The first-order valence-corrected chi connectivity index (χ1v) is 8.61. The second kappa shape index (κ2) is 6.14. The van der Waals surface area contributed by atoms with Crippen LogP contribution in [0.5, 0.6) is 0 Å². The molecule has 1 fully saturated rings. The molecule has 1 aliphatic heterocycles. The molecular weight excluding hydrogens is 310 g/mol. The van der Waals surface area contributed by atoms with Crippen molar-refractivity contribution < 1.29 is 9.53 Å². The maximum Gasteiger partial charge on any atom is 0.228 e. The van der Waals surface area contributed by atoms with Crippen molar-refractivity contribution in [2.45, 2.75) is 25.4 Å². The number of rotatable bonds is 4. The van der Waals surface area contributed by atoms with Gasteiger partial charge in [-0.2, -0.15) is 0 Å². The second-order valence-electron chi connectivity index (χ2n) is 5.60. The van der Waals surface area contributed by atoms with Crippen LogP contribution in [0.25, 0.3) is 16.2 Å². The van der Waals surface area contributed by atoms with Crippen molar-refractivity contribution in [1.29, 1.82) is 0 Å². The lowest BCUT2D eigenvalue weighted by Crippen LogP contribution is -2.20. The average molecular weight is 327 g/mol.